The van der Waals surface area contributed by atoms with Gasteiger partial charge in [0.05, 0.1) is 12.7 Å². The summed E-state index contributed by atoms with van der Waals surface area (Å²) in [7, 11) is 0. The molecule has 1 saturated carbocycles. The molecule has 1 heterocycles. The van der Waals surface area contributed by atoms with Crippen LogP contribution in [-0.2, 0) is 4.79 Å². The van der Waals surface area contributed by atoms with Crippen LogP contribution < -0.4 is 5.32 Å². The average Bonchev–Trinajstić information content (AvgIpc) is 3.06. The van der Waals surface area contributed by atoms with E-state index < -0.39 is 0 Å². The fourth-order valence-electron chi connectivity index (χ4n) is 2.51. The number of rotatable bonds is 6. The second kappa shape index (κ2) is 5.15. The number of hydrogen-bond donors (Lipinski definition) is 1. The fourth-order valence-corrected chi connectivity index (χ4v) is 2.51. The van der Waals surface area contributed by atoms with Crippen molar-refractivity contribution >= 4 is 5.91 Å². The molecular weight excluding hydrogens is 202 g/mol. The number of amides is 1. The molecule has 1 aliphatic carbocycles. The first-order chi connectivity index (χ1) is 7.76. The first kappa shape index (κ1) is 11.9. The Labute approximate surface area is 98.0 Å². The predicted molar refractivity (Wildman–Crippen MR) is 64.1 cm³/mol. The van der Waals surface area contributed by atoms with Gasteiger partial charge in [0.1, 0.15) is 0 Å². The molecule has 2 aliphatic rings. The highest BCUT2D eigenvalue weighted by Crippen LogP contribution is 2.26. The van der Waals surface area contributed by atoms with Gasteiger partial charge in [0.15, 0.2) is 0 Å². The van der Waals surface area contributed by atoms with Gasteiger partial charge in [0.2, 0.25) is 5.91 Å². The molecule has 1 aliphatic heterocycles. The highest BCUT2D eigenvalue weighted by molar-refractivity contribution is 5.80. The van der Waals surface area contributed by atoms with E-state index in [9.17, 15) is 4.79 Å². The molecule has 4 heteroatoms. The lowest BCUT2D eigenvalue weighted by Gasteiger charge is -2.27. The Hall–Kier alpha value is -0.610. The molecule has 1 unspecified atom stereocenters. The minimum Gasteiger partial charge on any atom is -0.325 e. The molecule has 92 valence electrons. The van der Waals surface area contributed by atoms with Crippen LogP contribution in [0.15, 0.2) is 0 Å². The third kappa shape index (κ3) is 2.55. The summed E-state index contributed by atoms with van der Waals surface area (Å²) < 4.78 is 0. The third-order valence-corrected chi connectivity index (χ3v) is 3.67. The van der Waals surface area contributed by atoms with Crippen LogP contribution in [0.1, 0.15) is 33.1 Å². The van der Waals surface area contributed by atoms with Crippen LogP contribution in [0.4, 0.5) is 0 Å². The van der Waals surface area contributed by atoms with Gasteiger partial charge in [-0.2, -0.15) is 0 Å². The van der Waals surface area contributed by atoms with Crippen LogP contribution in [-0.4, -0.2) is 54.1 Å². The quantitative estimate of drug-likeness (QED) is 0.720. The van der Waals surface area contributed by atoms with Gasteiger partial charge in [-0.1, -0.05) is 13.8 Å². The van der Waals surface area contributed by atoms with Crippen molar-refractivity contribution in [3.63, 3.8) is 0 Å². The predicted octanol–water partition coefficient (Wildman–Crippen LogP) is 0.639. The highest BCUT2D eigenvalue weighted by atomic mass is 16.2. The molecule has 0 spiro atoms. The molecule has 0 aromatic carbocycles. The molecule has 1 atom stereocenters. The minimum absolute atomic E-state index is 0.263. The monoisotopic (exact) mass is 225 g/mol. The van der Waals surface area contributed by atoms with Crippen LogP contribution in [0, 0.1) is 0 Å². The molecule has 0 radical (unpaired) electrons. The summed E-state index contributed by atoms with van der Waals surface area (Å²) in [5.41, 5.74) is 0. The van der Waals surface area contributed by atoms with Gasteiger partial charge in [-0.25, -0.2) is 0 Å². The van der Waals surface area contributed by atoms with Gasteiger partial charge in [-0.05, 0) is 25.8 Å². The van der Waals surface area contributed by atoms with Gasteiger partial charge in [-0.15, -0.1) is 0 Å². The molecule has 2 rings (SSSR count). The van der Waals surface area contributed by atoms with E-state index in [-0.39, 0.29) is 12.1 Å². The Balaban J connectivity index is 1.80. The summed E-state index contributed by atoms with van der Waals surface area (Å²) in [5, 5.41) is 3.25. The Kier molecular flexibility index (Phi) is 3.82. The SMILES string of the molecule is CCC1NCC(=O)N1CCN(CC)C1CC1. The maximum Gasteiger partial charge on any atom is 0.237 e. The first-order valence-corrected chi connectivity index (χ1v) is 6.53. The lowest BCUT2D eigenvalue weighted by Crippen LogP contribution is -2.42. The third-order valence-electron chi connectivity index (χ3n) is 3.67. The molecule has 0 aromatic rings. The normalized spacial score (nSPS) is 25.8. The van der Waals surface area contributed by atoms with Crippen molar-refractivity contribution in [3.05, 3.63) is 0 Å². The van der Waals surface area contributed by atoms with E-state index >= 15 is 0 Å². The van der Waals surface area contributed by atoms with E-state index in [1.165, 1.54) is 12.8 Å². The zero-order valence-corrected chi connectivity index (χ0v) is 10.4. The molecule has 16 heavy (non-hydrogen) atoms. The Bertz CT molecular complexity index is 253. The van der Waals surface area contributed by atoms with Crippen molar-refractivity contribution in [1.29, 1.82) is 0 Å². The molecule has 0 aromatic heterocycles. The van der Waals surface area contributed by atoms with Gasteiger partial charge in [0, 0.05) is 19.1 Å². The van der Waals surface area contributed by atoms with Crippen molar-refractivity contribution in [1.82, 2.24) is 15.1 Å². The number of nitrogens with one attached hydrogen (secondary N) is 1. The zero-order chi connectivity index (χ0) is 11.5. The maximum absolute atomic E-state index is 11.7. The fraction of sp³-hybridized carbons (Fsp3) is 0.917. The zero-order valence-electron chi connectivity index (χ0n) is 10.4. The van der Waals surface area contributed by atoms with Gasteiger partial charge < -0.3 is 4.90 Å². The molecule has 4 nitrogen and oxygen atoms in total. The van der Waals surface area contributed by atoms with Crippen LogP contribution in [0.3, 0.4) is 0 Å². The second-order valence-electron chi connectivity index (χ2n) is 4.75. The minimum atomic E-state index is 0.263. The Morgan fingerprint density at radius 2 is 2.19 bits per heavy atom. The number of hydrogen-bond acceptors (Lipinski definition) is 3. The van der Waals surface area contributed by atoms with Gasteiger partial charge >= 0.3 is 0 Å². The molecule has 1 N–H and O–H groups in total. The van der Waals surface area contributed by atoms with Gasteiger partial charge in [0.25, 0.3) is 0 Å². The lowest BCUT2D eigenvalue weighted by atomic mass is 10.3. The number of carbonyl (C=O) groups is 1. The topological polar surface area (TPSA) is 35.6 Å². The number of carbonyl (C=O) groups excluding carboxylic acids is 1. The molecule has 0 bridgehead atoms. The second-order valence-corrected chi connectivity index (χ2v) is 4.75. The van der Waals surface area contributed by atoms with Crippen LogP contribution in [0.2, 0.25) is 0 Å². The summed E-state index contributed by atoms with van der Waals surface area (Å²) >= 11 is 0. The van der Waals surface area contributed by atoms with Crippen LogP contribution in [0.25, 0.3) is 0 Å². The van der Waals surface area contributed by atoms with Crippen molar-refractivity contribution in [2.75, 3.05) is 26.2 Å². The summed E-state index contributed by atoms with van der Waals surface area (Å²) in [6.07, 6.45) is 3.96. The van der Waals surface area contributed by atoms with E-state index in [0.29, 0.717) is 6.54 Å². The summed E-state index contributed by atoms with van der Waals surface area (Å²) in [5.74, 6) is 0.263. The smallest absolute Gasteiger partial charge is 0.237 e. The molecule has 2 fully saturated rings. The molecular formula is C12H23N3O. The van der Waals surface area contributed by atoms with Gasteiger partial charge in [-0.3, -0.25) is 15.0 Å². The number of nitrogens with zero attached hydrogens (tertiary/aromatic N) is 2. The van der Waals surface area contributed by atoms with E-state index in [1.807, 2.05) is 4.90 Å². The molecule has 1 saturated heterocycles. The summed E-state index contributed by atoms with van der Waals surface area (Å²) in [4.78, 5) is 16.2. The summed E-state index contributed by atoms with van der Waals surface area (Å²) in [6.45, 7) is 7.88. The van der Waals surface area contributed by atoms with Crippen molar-refractivity contribution < 1.29 is 4.79 Å². The number of likely N-dealkylation sites (N-methyl/N-ethyl adjacent to an activating group) is 1. The highest BCUT2D eigenvalue weighted by Gasteiger charge is 2.31. The summed E-state index contributed by atoms with van der Waals surface area (Å²) in [6, 6.07) is 0.802. The van der Waals surface area contributed by atoms with E-state index in [0.717, 1.165) is 32.1 Å². The Morgan fingerprint density at radius 3 is 2.75 bits per heavy atom. The van der Waals surface area contributed by atoms with E-state index in [1.54, 1.807) is 0 Å². The van der Waals surface area contributed by atoms with Crippen LogP contribution >= 0.6 is 0 Å². The lowest BCUT2D eigenvalue weighted by molar-refractivity contribution is -0.128. The maximum atomic E-state index is 11.7. The average molecular weight is 225 g/mol. The first-order valence-electron chi connectivity index (χ1n) is 6.53. The van der Waals surface area contributed by atoms with Crippen molar-refractivity contribution in [2.45, 2.75) is 45.3 Å². The standard InChI is InChI=1S/C12H23N3O/c1-3-11-13-9-12(16)15(11)8-7-14(4-2)10-5-6-10/h10-11,13H,3-9H2,1-2H3. The van der Waals surface area contributed by atoms with Crippen molar-refractivity contribution in [2.24, 2.45) is 0 Å². The van der Waals surface area contributed by atoms with Crippen molar-refractivity contribution in [3.8, 4) is 0 Å². The van der Waals surface area contributed by atoms with E-state index in [2.05, 4.69) is 24.1 Å². The Morgan fingerprint density at radius 1 is 1.44 bits per heavy atom. The molecule has 1 amide bonds. The largest absolute Gasteiger partial charge is 0.325 e. The van der Waals surface area contributed by atoms with E-state index in [4.69, 9.17) is 0 Å². The van der Waals surface area contributed by atoms with Crippen LogP contribution in [0.5, 0.6) is 0 Å².